The molecule has 1 fully saturated rings. The Kier molecular flexibility index (Phi) is 65.0. The van der Waals surface area contributed by atoms with Crippen LogP contribution in [0.25, 0.3) is 0 Å². The van der Waals surface area contributed by atoms with Crippen molar-refractivity contribution in [2.75, 3.05) is 13.2 Å². The number of carbonyl (C=O) groups is 2. The van der Waals surface area contributed by atoms with Crippen LogP contribution in [0.2, 0.25) is 0 Å². The van der Waals surface area contributed by atoms with Gasteiger partial charge < -0.3 is 45.1 Å². The van der Waals surface area contributed by atoms with Gasteiger partial charge in [-0.2, -0.15) is 0 Å². The zero-order valence-electron chi connectivity index (χ0n) is 60.4. The molecule has 1 amide bonds. The maximum absolute atomic E-state index is 13.5. The fraction of sp³-hybridized carbons (Fsp3) is 0.805. The summed E-state index contributed by atoms with van der Waals surface area (Å²) in [5.74, 6) is -1.19. The van der Waals surface area contributed by atoms with Crippen molar-refractivity contribution in [2.45, 2.75) is 410 Å². The summed E-state index contributed by atoms with van der Waals surface area (Å²) in [6.45, 7) is 5.71. The number of aliphatic hydroxyl groups excluding tert-OH is 5. The van der Waals surface area contributed by atoms with E-state index in [0.29, 0.717) is 12.8 Å². The fourth-order valence-corrected chi connectivity index (χ4v) is 12.1. The van der Waals surface area contributed by atoms with Gasteiger partial charge in [0, 0.05) is 6.42 Å². The molecule has 540 valence electrons. The van der Waals surface area contributed by atoms with Crippen molar-refractivity contribution in [1.29, 1.82) is 0 Å². The third-order valence-corrected chi connectivity index (χ3v) is 18.3. The molecule has 0 saturated carbocycles. The van der Waals surface area contributed by atoms with E-state index in [1.165, 1.54) is 218 Å². The first-order valence-electron chi connectivity index (χ1n) is 39.4. The first kappa shape index (κ1) is 87.9. The van der Waals surface area contributed by atoms with E-state index in [9.17, 15) is 35.1 Å². The third-order valence-electron chi connectivity index (χ3n) is 18.3. The Hall–Kier alpha value is -3.16. The van der Waals surface area contributed by atoms with Crippen molar-refractivity contribution in [3.05, 3.63) is 85.1 Å². The van der Waals surface area contributed by atoms with Gasteiger partial charge in [-0.3, -0.25) is 9.59 Å². The molecule has 1 heterocycles. The van der Waals surface area contributed by atoms with Gasteiger partial charge in [0.25, 0.3) is 0 Å². The summed E-state index contributed by atoms with van der Waals surface area (Å²) in [5, 5.41) is 57.4. The van der Waals surface area contributed by atoms with Crippen molar-refractivity contribution in [3.63, 3.8) is 0 Å². The Morgan fingerprint density at radius 3 is 1.17 bits per heavy atom. The maximum Gasteiger partial charge on any atom is 0.306 e. The first-order valence-corrected chi connectivity index (χ1v) is 39.4. The number of esters is 1. The highest BCUT2D eigenvalue weighted by Gasteiger charge is 2.47. The van der Waals surface area contributed by atoms with Gasteiger partial charge in [0.1, 0.15) is 24.4 Å². The van der Waals surface area contributed by atoms with E-state index >= 15 is 0 Å². The Balaban J connectivity index is 2.48. The number of amides is 1. The molecular weight excluding hydrogens is 1160 g/mol. The molecule has 0 aromatic carbocycles. The average molecular weight is 1310 g/mol. The maximum atomic E-state index is 13.5. The molecule has 1 aliphatic rings. The van der Waals surface area contributed by atoms with Crippen LogP contribution in [0, 0.1) is 0 Å². The predicted octanol–water partition coefficient (Wildman–Crippen LogP) is 21.2. The molecule has 8 atom stereocenters. The predicted molar refractivity (Wildman–Crippen MR) is 393 cm³/mol. The molecule has 0 radical (unpaired) electrons. The molecule has 0 aliphatic carbocycles. The minimum atomic E-state index is -1.62. The highest BCUT2D eigenvalue weighted by Crippen LogP contribution is 2.27. The smallest absolute Gasteiger partial charge is 0.306 e. The van der Waals surface area contributed by atoms with Crippen LogP contribution in [-0.4, -0.2) is 99.6 Å². The number of allylic oxidation sites excluding steroid dienone is 13. The molecule has 1 aliphatic heterocycles. The van der Waals surface area contributed by atoms with E-state index in [1.54, 1.807) is 6.08 Å². The van der Waals surface area contributed by atoms with Crippen molar-refractivity contribution in [1.82, 2.24) is 5.32 Å². The standard InChI is InChI=1S/C82H147NO10/c1-4-7-10-13-16-19-22-24-26-28-30-32-34-36-38-40-42-44-46-48-50-52-55-58-61-64-67-70-77(87)93-80-79(89)78(88)76(71-84)92-82(80)91-72-73(74(85)68-65-62-59-56-53-21-18-15-12-9-6-3)83-81(90)75(86)69-66-63-60-57-54-51-49-47-45-43-41-39-37-35-33-31-29-27-25-23-20-17-14-11-8-5-2/h8,11,17,20,24-27,31,33,37,39,65,68,73-76,78-80,82,84-86,88-89H,4-7,9-10,12-16,18-19,21-23,28-30,32,34-36,38,40-64,66-67,69-72H2,1-3H3,(H,83,90)/b11-8-,20-17-,26-24+,27-25-,33-31-,39-37-,68-65+. The van der Waals surface area contributed by atoms with Crippen molar-refractivity contribution in [3.8, 4) is 0 Å². The lowest BCUT2D eigenvalue weighted by atomic mass is 9.99. The number of aliphatic hydroxyl groups is 5. The normalized spacial score (nSPS) is 18.3. The molecule has 8 unspecified atom stereocenters. The molecule has 11 heteroatoms. The summed E-state index contributed by atoms with van der Waals surface area (Å²) < 4.78 is 17.7. The second-order valence-corrected chi connectivity index (χ2v) is 27.1. The molecule has 0 bridgehead atoms. The van der Waals surface area contributed by atoms with E-state index in [0.717, 1.165) is 96.3 Å². The zero-order valence-corrected chi connectivity index (χ0v) is 60.4. The molecule has 0 aromatic rings. The Bertz CT molecular complexity index is 1840. The lowest BCUT2D eigenvalue weighted by molar-refractivity contribution is -0.305. The molecule has 0 spiro atoms. The van der Waals surface area contributed by atoms with Gasteiger partial charge in [-0.15, -0.1) is 0 Å². The van der Waals surface area contributed by atoms with Crippen LogP contribution in [0.1, 0.15) is 361 Å². The lowest BCUT2D eigenvalue weighted by Crippen LogP contribution is -2.61. The van der Waals surface area contributed by atoms with Crippen molar-refractivity contribution in [2.24, 2.45) is 0 Å². The van der Waals surface area contributed by atoms with Gasteiger partial charge in [-0.25, -0.2) is 0 Å². The fourth-order valence-electron chi connectivity index (χ4n) is 12.1. The molecule has 6 N–H and O–H groups in total. The second-order valence-electron chi connectivity index (χ2n) is 27.1. The summed E-state index contributed by atoms with van der Waals surface area (Å²) >= 11 is 0. The second kappa shape index (κ2) is 68.8. The van der Waals surface area contributed by atoms with E-state index < -0.39 is 67.4 Å². The van der Waals surface area contributed by atoms with Crippen LogP contribution in [0.3, 0.4) is 0 Å². The SMILES string of the molecule is CC/C=C\C/C=C\C/C=C\C/C=C\C/C=C\CCCCCCCCCCCCC(O)C(=O)NC(COC1OC(CO)C(O)C(O)C1OC(=O)CCCCCCCCCCCCCCCCCCC/C=C/CCCCCCCC)C(O)/C=C/CCCCCCCCCCC. The van der Waals surface area contributed by atoms with E-state index in [1.807, 2.05) is 6.08 Å². The van der Waals surface area contributed by atoms with E-state index in [4.69, 9.17) is 14.2 Å². The summed E-state index contributed by atoms with van der Waals surface area (Å²) in [6, 6.07) is -1.03. The minimum absolute atomic E-state index is 0.124. The molecule has 93 heavy (non-hydrogen) atoms. The molecule has 0 aromatic heterocycles. The Labute approximate surface area is 572 Å². The average Bonchev–Trinajstić information content (AvgIpc) is 0.974. The van der Waals surface area contributed by atoms with Crippen LogP contribution in [0.5, 0.6) is 0 Å². The topological polar surface area (TPSA) is 175 Å². The van der Waals surface area contributed by atoms with Gasteiger partial charge in [0.05, 0.1) is 25.4 Å². The zero-order chi connectivity index (χ0) is 67.4. The largest absolute Gasteiger partial charge is 0.454 e. The van der Waals surface area contributed by atoms with E-state index in [-0.39, 0.29) is 19.4 Å². The molecular formula is C82H147NO10. The number of hydrogen-bond acceptors (Lipinski definition) is 10. The van der Waals surface area contributed by atoms with Crippen molar-refractivity contribution >= 4 is 11.9 Å². The van der Waals surface area contributed by atoms with Gasteiger partial charge in [0.15, 0.2) is 12.4 Å². The van der Waals surface area contributed by atoms with Crippen LogP contribution < -0.4 is 5.32 Å². The lowest BCUT2D eigenvalue weighted by Gasteiger charge is -2.41. The number of rotatable bonds is 68. The third kappa shape index (κ3) is 55.5. The van der Waals surface area contributed by atoms with Gasteiger partial charge in [-0.1, -0.05) is 343 Å². The van der Waals surface area contributed by atoms with Crippen molar-refractivity contribution < 1.29 is 49.3 Å². The summed E-state index contributed by atoms with van der Waals surface area (Å²) in [6.07, 6.45) is 82.1. The number of unbranched alkanes of at least 4 members (excludes halogenated alkanes) is 42. The van der Waals surface area contributed by atoms with Crippen LogP contribution in [0.15, 0.2) is 85.1 Å². The highest BCUT2D eigenvalue weighted by molar-refractivity contribution is 5.80. The minimum Gasteiger partial charge on any atom is -0.454 e. The number of ether oxygens (including phenoxy) is 3. The Morgan fingerprint density at radius 2 is 0.774 bits per heavy atom. The quantitative estimate of drug-likeness (QED) is 0.0195. The van der Waals surface area contributed by atoms with Gasteiger partial charge in [0.2, 0.25) is 5.91 Å². The Morgan fingerprint density at radius 1 is 0.430 bits per heavy atom. The molecule has 1 rings (SSSR count). The van der Waals surface area contributed by atoms with Crippen LogP contribution in [-0.2, 0) is 23.8 Å². The molecule has 11 nitrogen and oxygen atoms in total. The van der Waals surface area contributed by atoms with Gasteiger partial charge >= 0.3 is 5.97 Å². The highest BCUT2D eigenvalue weighted by atomic mass is 16.7. The van der Waals surface area contributed by atoms with Crippen LogP contribution in [0.4, 0.5) is 0 Å². The summed E-state index contributed by atoms with van der Waals surface area (Å²) in [7, 11) is 0. The van der Waals surface area contributed by atoms with Gasteiger partial charge in [-0.05, 0) is 96.3 Å². The van der Waals surface area contributed by atoms with Crippen LogP contribution >= 0.6 is 0 Å². The number of hydrogen-bond donors (Lipinski definition) is 6. The summed E-state index contributed by atoms with van der Waals surface area (Å²) in [4.78, 5) is 26.8. The molecule has 1 saturated heterocycles. The number of carbonyl (C=O) groups excluding carboxylic acids is 2. The number of nitrogens with one attached hydrogen (secondary N) is 1. The summed E-state index contributed by atoms with van der Waals surface area (Å²) in [5.41, 5.74) is 0. The first-order chi connectivity index (χ1) is 45.7. The van der Waals surface area contributed by atoms with E-state index in [2.05, 4.69) is 99.0 Å². The monoisotopic (exact) mass is 1310 g/mol.